The number of para-hydroxylation sites is 2. The van der Waals surface area contributed by atoms with Gasteiger partial charge in [0.25, 0.3) is 0 Å². The van der Waals surface area contributed by atoms with Crippen LogP contribution in [0.15, 0.2) is 91.4 Å². The Kier molecular flexibility index (Phi) is 2.94. The van der Waals surface area contributed by atoms with Gasteiger partial charge >= 0.3 is 0 Å². The van der Waals surface area contributed by atoms with E-state index in [0.717, 1.165) is 44.4 Å². The van der Waals surface area contributed by atoms with Gasteiger partial charge in [-0.25, -0.2) is 9.97 Å². The van der Waals surface area contributed by atoms with Crippen LogP contribution in [-0.2, 0) is 0 Å². The molecule has 0 N–H and O–H groups in total. The summed E-state index contributed by atoms with van der Waals surface area (Å²) < 4.78 is 4.43. The highest BCUT2D eigenvalue weighted by atomic mass is 15.2. The van der Waals surface area contributed by atoms with Crippen molar-refractivity contribution < 1.29 is 0 Å². The zero-order valence-corrected chi connectivity index (χ0v) is 15.9. The van der Waals surface area contributed by atoms with E-state index in [1.807, 2.05) is 30.7 Å². The van der Waals surface area contributed by atoms with Gasteiger partial charge in [0.05, 0.1) is 22.7 Å². The van der Waals surface area contributed by atoms with Gasteiger partial charge in [0.15, 0.2) is 0 Å². The van der Waals surface area contributed by atoms with Crippen molar-refractivity contribution in [3.8, 4) is 5.82 Å². The molecule has 140 valence electrons. The fourth-order valence-corrected chi connectivity index (χ4v) is 4.63. The molecule has 0 fully saturated rings. The zero-order chi connectivity index (χ0) is 19.7. The summed E-state index contributed by atoms with van der Waals surface area (Å²) in [6.45, 7) is 0. The second kappa shape index (κ2) is 5.64. The molecule has 7 aromatic rings. The summed E-state index contributed by atoms with van der Waals surface area (Å²) in [7, 11) is 0. The molecule has 0 saturated carbocycles. The standard InChI is InChI=1S/C25H15N5/c1-3-11-20-16(7-1)17-8-2-4-12-21(17)29(20)22-15-28-25-19-9-5-13-26-23(19)18-10-6-14-27-24(18)30(22)25/h1-15H. The van der Waals surface area contributed by atoms with E-state index in [2.05, 4.69) is 74.6 Å². The van der Waals surface area contributed by atoms with Crippen LogP contribution in [0.1, 0.15) is 0 Å². The van der Waals surface area contributed by atoms with Gasteiger partial charge in [-0.15, -0.1) is 0 Å². The molecule has 0 radical (unpaired) electrons. The molecule has 2 aromatic carbocycles. The average Bonchev–Trinajstić information content (AvgIpc) is 3.39. The molecule has 0 unspecified atom stereocenters. The van der Waals surface area contributed by atoms with Gasteiger partial charge in [0.2, 0.25) is 0 Å². The molecule has 5 heterocycles. The predicted molar refractivity (Wildman–Crippen MR) is 120 cm³/mol. The van der Waals surface area contributed by atoms with Crippen LogP contribution in [0.3, 0.4) is 0 Å². The first kappa shape index (κ1) is 15.6. The van der Waals surface area contributed by atoms with E-state index in [-0.39, 0.29) is 0 Å². The molecule has 0 aliphatic rings. The van der Waals surface area contributed by atoms with E-state index >= 15 is 0 Å². The summed E-state index contributed by atoms with van der Waals surface area (Å²) in [4.78, 5) is 14.2. The van der Waals surface area contributed by atoms with Crippen molar-refractivity contribution in [2.24, 2.45) is 0 Å². The number of pyridine rings is 3. The van der Waals surface area contributed by atoms with Crippen molar-refractivity contribution in [3.63, 3.8) is 0 Å². The maximum atomic E-state index is 4.83. The lowest BCUT2D eigenvalue weighted by Gasteiger charge is -2.11. The highest BCUT2D eigenvalue weighted by Crippen LogP contribution is 2.34. The zero-order valence-electron chi connectivity index (χ0n) is 15.9. The lowest BCUT2D eigenvalue weighted by Crippen LogP contribution is -2.02. The third kappa shape index (κ3) is 1.89. The SMILES string of the molecule is c1ccc2c(c1)c1ccccc1n2-c1cnc2c3cccnc3c3cccnc3n12. The Morgan fingerprint density at radius 3 is 1.80 bits per heavy atom. The molecule has 30 heavy (non-hydrogen) atoms. The second-order valence-electron chi connectivity index (χ2n) is 7.42. The van der Waals surface area contributed by atoms with Crippen LogP contribution < -0.4 is 0 Å². The van der Waals surface area contributed by atoms with Crippen molar-refractivity contribution in [1.82, 2.24) is 23.9 Å². The summed E-state index contributed by atoms with van der Waals surface area (Å²) in [5.74, 6) is 0.969. The van der Waals surface area contributed by atoms with E-state index in [1.165, 1.54) is 10.8 Å². The fourth-order valence-electron chi connectivity index (χ4n) is 4.63. The third-order valence-electron chi connectivity index (χ3n) is 5.85. The van der Waals surface area contributed by atoms with Crippen LogP contribution in [0.4, 0.5) is 0 Å². The summed E-state index contributed by atoms with van der Waals surface area (Å²) in [6.07, 6.45) is 5.59. The van der Waals surface area contributed by atoms with Crippen molar-refractivity contribution in [2.45, 2.75) is 0 Å². The van der Waals surface area contributed by atoms with Crippen LogP contribution in [0.5, 0.6) is 0 Å². The van der Waals surface area contributed by atoms with Crippen molar-refractivity contribution in [1.29, 1.82) is 0 Å². The van der Waals surface area contributed by atoms with E-state index in [1.54, 1.807) is 0 Å². The minimum absolute atomic E-state index is 0.855. The number of aromatic nitrogens is 5. The number of benzene rings is 2. The first-order valence-corrected chi connectivity index (χ1v) is 9.89. The van der Waals surface area contributed by atoms with E-state index in [0.29, 0.717) is 0 Å². The summed E-state index contributed by atoms with van der Waals surface area (Å²) in [5.41, 5.74) is 4.94. The maximum Gasteiger partial charge on any atom is 0.149 e. The Morgan fingerprint density at radius 1 is 0.533 bits per heavy atom. The summed E-state index contributed by atoms with van der Waals surface area (Å²) >= 11 is 0. The largest absolute Gasteiger partial charge is 0.294 e. The van der Waals surface area contributed by atoms with Crippen molar-refractivity contribution in [3.05, 3.63) is 91.4 Å². The monoisotopic (exact) mass is 385 g/mol. The average molecular weight is 385 g/mol. The molecular weight excluding hydrogens is 370 g/mol. The first-order chi connectivity index (χ1) is 14.9. The quantitative estimate of drug-likeness (QED) is 0.349. The number of fused-ring (bicyclic) bond motifs is 9. The van der Waals surface area contributed by atoms with Crippen LogP contribution in [-0.4, -0.2) is 23.9 Å². The van der Waals surface area contributed by atoms with Crippen LogP contribution in [0, 0.1) is 0 Å². The minimum Gasteiger partial charge on any atom is -0.294 e. The van der Waals surface area contributed by atoms with Crippen LogP contribution in [0.25, 0.3) is 55.2 Å². The molecule has 0 atom stereocenters. The molecule has 0 amide bonds. The number of nitrogens with zero attached hydrogens (tertiary/aromatic N) is 5. The van der Waals surface area contributed by atoms with Crippen LogP contribution >= 0.6 is 0 Å². The molecule has 5 heteroatoms. The lowest BCUT2D eigenvalue weighted by atomic mass is 10.2. The number of imidazole rings is 1. The molecule has 0 bridgehead atoms. The van der Waals surface area contributed by atoms with Crippen molar-refractivity contribution >= 4 is 49.4 Å². The van der Waals surface area contributed by atoms with Gasteiger partial charge in [-0.05, 0) is 36.4 Å². The van der Waals surface area contributed by atoms with Gasteiger partial charge in [-0.3, -0.25) is 14.0 Å². The molecular formula is C25H15N5. The number of hydrogen-bond acceptors (Lipinski definition) is 3. The van der Waals surface area contributed by atoms with E-state index < -0.39 is 0 Å². The topological polar surface area (TPSA) is 48.0 Å². The summed E-state index contributed by atoms with van der Waals surface area (Å²) in [6, 6.07) is 25.1. The predicted octanol–water partition coefficient (Wildman–Crippen LogP) is 5.53. The highest BCUT2D eigenvalue weighted by molar-refractivity contribution is 6.11. The number of rotatable bonds is 1. The summed E-state index contributed by atoms with van der Waals surface area (Å²) in [5, 5.41) is 4.48. The Balaban J connectivity index is 1.75. The highest BCUT2D eigenvalue weighted by Gasteiger charge is 2.18. The first-order valence-electron chi connectivity index (χ1n) is 9.89. The normalized spacial score (nSPS) is 12.0. The van der Waals surface area contributed by atoms with Gasteiger partial charge < -0.3 is 0 Å². The van der Waals surface area contributed by atoms with E-state index in [9.17, 15) is 0 Å². The van der Waals surface area contributed by atoms with Gasteiger partial charge in [-0.1, -0.05) is 36.4 Å². The van der Waals surface area contributed by atoms with E-state index in [4.69, 9.17) is 9.97 Å². The second-order valence-corrected chi connectivity index (χ2v) is 7.42. The maximum absolute atomic E-state index is 4.83. The third-order valence-corrected chi connectivity index (χ3v) is 5.85. The Hall–Kier alpha value is -4.25. The van der Waals surface area contributed by atoms with Crippen molar-refractivity contribution in [2.75, 3.05) is 0 Å². The molecule has 0 aliphatic heterocycles. The number of hydrogen-bond donors (Lipinski definition) is 0. The molecule has 0 spiro atoms. The minimum atomic E-state index is 0.855. The van der Waals surface area contributed by atoms with Gasteiger partial charge in [-0.2, -0.15) is 0 Å². The Morgan fingerprint density at radius 2 is 1.10 bits per heavy atom. The van der Waals surface area contributed by atoms with Crippen LogP contribution in [0.2, 0.25) is 0 Å². The lowest BCUT2D eigenvalue weighted by molar-refractivity contribution is 1.05. The molecule has 5 nitrogen and oxygen atoms in total. The van der Waals surface area contributed by atoms with Gasteiger partial charge in [0.1, 0.15) is 17.1 Å². The smallest absolute Gasteiger partial charge is 0.149 e. The molecule has 5 aromatic heterocycles. The van der Waals surface area contributed by atoms with Gasteiger partial charge in [0, 0.05) is 33.9 Å². The molecule has 0 saturated heterocycles. The Bertz CT molecular complexity index is 1700. The fraction of sp³-hybridized carbons (Fsp3) is 0. The molecule has 0 aliphatic carbocycles. The molecule has 7 rings (SSSR count). The Labute approximate surface area is 170 Å².